The third-order valence-electron chi connectivity index (χ3n) is 4.83. The molecule has 0 fully saturated rings. The van der Waals surface area contributed by atoms with Crippen LogP contribution in [0.4, 0.5) is 0 Å². The third-order valence-corrected chi connectivity index (χ3v) is 5.11. The number of halogens is 1. The van der Waals surface area contributed by atoms with Crippen molar-refractivity contribution in [3.05, 3.63) is 52.5 Å². The van der Waals surface area contributed by atoms with Crippen LogP contribution in [0.15, 0.2) is 41.5 Å². The topological polar surface area (TPSA) is 98.2 Å². The van der Waals surface area contributed by atoms with Crippen LogP contribution in [0, 0.1) is 25.2 Å². The van der Waals surface area contributed by atoms with E-state index in [1.54, 1.807) is 18.2 Å². The molecular formula is C27H32ClN3O5. The van der Waals surface area contributed by atoms with Crippen molar-refractivity contribution < 1.29 is 23.8 Å². The molecule has 0 aliphatic carbocycles. The van der Waals surface area contributed by atoms with Crippen LogP contribution in [0.25, 0.3) is 0 Å². The van der Waals surface area contributed by atoms with Crippen molar-refractivity contribution in [3.8, 4) is 29.6 Å². The third kappa shape index (κ3) is 9.16. The maximum Gasteiger partial charge on any atom is 0.262 e. The molecule has 0 heterocycles. The summed E-state index contributed by atoms with van der Waals surface area (Å²) in [5, 5.41) is 7.04. The summed E-state index contributed by atoms with van der Waals surface area (Å²) in [6.45, 7) is 7.87. The molecule has 0 aromatic heterocycles. The Morgan fingerprint density at radius 2 is 1.92 bits per heavy atom. The number of terminal acetylenes is 1. The Morgan fingerprint density at radius 1 is 1.17 bits per heavy atom. The van der Waals surface area contributed by atoms with E-state index >= 15 is 0 Å². The quantitative estimate of drug-likeness (QED) is 0.238. The van der Waals surface area contributed by atoms with Crippen LogP contribution >= 0.6 is 11.6 Å². The molecule has 1 atom stereocenters. The number of hydrogen-bond donors (Lipinski definition) is 2. The van der Waals surface area contributed by atoms with Gasteiger partial charge in [0.25, 0.3) is 11.8 Å². The highest BCUT2D eigenvalue weighted by Gasteiger charge is 2.22. The highest BCUT2D eigenvalue weighted by molar-refractivity contribution is 6.32. The number of para-hydroxylation sites is 1. The smallest absolute Gasteiger partial charge is 0.262 e. The number of ether oxygens (including phenoxy) is 3. The molecule has 9 heteroatoms. The Hall–Kier alpha value is -3.70. The normalized spacial score (nSPS) is 11.6. The van der Waals surface area contributed by atoms with Gasteiger partial charge in [0.05, 0.1) is 17.8 Å². The summed E-state index contributed by atoms with van der Waals surface area (Å²) in [5.74, 6) is 3.05. The van der Waals surface area contributed by atoms with E-state index in [-0.39, 0.29) is 19.1 Å². The summed E-state index contributed by atoms with van der Waals surface area (Å²) in [5.41, 5.74) is 3.97. The number of carbonyl (C=O) groups is 2. The van der Waals surface area contributed by atoms with E-state index in [0.29, 0.717) is 40.9 Å². The van der Waals surface area contributed by atoms with Gasteiger partial charge in [-0.25, -0.2) is 5.43 Å². The zero-order valence-corrected chi connectivity index (χ0v) is 21.7. The van der Waals surface area contributed by atoms with Crippen LogP contribution in [0.3, 0.4) is 0 Å². The van der Waals surface area contributed by atoms with E-state index in [2.05, 4.69) is 21.8 Å². The van der Waals surface area contributed by atoms with Crippen molar-refractivity contribution in [2.45, 2.75) is 40.2 Å². The van der Waals surface area contributed by atoms with Crippen molar-refractivity contribution in [3.63, 3.8) is 0 Å². The minimum atomic E-state index is -0.780. The van der Waals surface area contributed by atoms with Gasteiger partial charge in [-0.1, -0.05) is 49.6 Å². The van der Waals surface area contributed by atoms with Crippen LogP contribution in [-0.2, 0) is 9.59 Å². The predicted molar refractivity (Wildman–Crippen MR) is 141 cm³/mol. The van der Waals surface area contributed by atoms with Gasteiger partial charge in [0.15, 0.2) is 18.1 Å². The predicted octanol–water partition coefficient (Wildman–Crippen LogP) is 4.12. The SMILES string of the molecule is C#CCOc1c(Cl)cc(/C=N\NC(=O)[C@@H](CC(C)C)NC(=O)COc2ccccc2C)cc1OCC. The summed E-state index contributed by atoms with van der Waals surface area (Å²) in [6.07, 6.45) is 7.11. The average molecular weight is 514 g/mol. The van der Waals surface area contributed by atoms with Crippen molar-refractivity contribution in [1.82, 2.24) is 10.7 Å². The molecule has 2 rings (SSSR count). The number of hydrazone groups is 1. The van der Waals surface area contributed by atoms with Crippen LogP contribution in [-0.4, -0.2) is 43.9 Å². The lowest BCUT2D eigenvalue weighted by molar-refractivity contribution is -0.130. The molecule has 0 bridgehead atoms. The molecule has 0 aliphatic rings. The number of carbonyl (C=O) groups excluding carboxylic acids is 2. The summed E-state index contributed by atoms with van der Waals surface area (Å²) in [6, 6.07) is 9.90. The minimum Gasteiger partial charge on any atom is -0.490 e. The van der Waals surface area contributed by atoms with Crippen molar-refractivity contribution >= 4 is 29.6 Å². The number of rotatable bonds is 13. The molecule has 2 amide bonds. The van der Waals surface area contributed by atoms with Gasteiger partial charge in [0.1, 0.15) is 18.4 Å². The first-order valence-electron chi connectivity index (χ1n) is 11.6. The summed E-state index contributed by atoms with van der Waals surface area (Å²) < 4.78 is 16.6. The first-order chi connectivity index (χ1) is 17.2. The fraction of sp³-hybridized carbons (Fsp3) is 0.370. The molecule has 0 saturated heterocycles. The lowest BCUT2D eigenvalue weighted by Gasteiger charge is -2.19. The zero-order chi connectivity index (χ0) is 26.5. The highest BCUT2D eigenvalue weighted by atomic mass is 35.5. The van der Waals surface area contributed by atoms with E-state index in [4.69, 9.17) is 32.2 Å². The monoisotopic (exact) mass is 513 g/mol. The van der Waals surface area contributed by atoms with Crippen LogP contribution < -0.4 is 25.0 Å². The Bertz CT molecular complexity index is 1110. The van der Waals surface area contributed by atoms with E-state index in [1.165, 1.54) is 6.21 Å². The molecule has 0 aliphatic heterocycles. The number of nitrogens with one attached hydrogen (secondary N) is 2. The van der Waals surface area contributed by atoms with Gasteiger partial charge in [-0.2, -0.15) is 5.10 Å². The standard InChI is InChI=1S/C27H32ClN3O5/c1-6-12-35-26-21(28)14-20(15-24(26)34-7-2)16-29-31-27(33)22(13-18(3)4)30-25(32)17-36-23-11-9-8-10-19(23)5/h1,8-11,14-16,18,22H,7,12-13,17H2,2-5H3,(H,30,32)(H,31,33)/b29-16-/t22-/m1/s1. The summed E-state index contributed by atoms with van der Waals surface area (Å²) >= 11 is 6.31. The van der Waals surface area contributed by atoms with Crippen molar-refractivity contribution in [2.24, 2.45) is 11.0 Å². The molecule has 0 spiro atoms. The number of benzene rings is 2. The molecule has 0 saturated carbocycles. The van der Waals surface area contributed by atoms with Crippen LogP contribution in [0.2, 0.25) is 5.02 Å². The van der Waals surface area contributed by atoms with Gasteiger partial charge in [-0.05, 0) is 55.5 Å². The maximum atomic E-state index is 12.8. The molecule has 8 nitrogen and oxygen atoms in total. The van der Waals surface area contributed by atoms with Gasteiger partial charge in [-0.15, -0.1) is 6.42 Å². The molecule has 0 unspecified atom stereocenters. The maximum absolute atomic E-state index is 12.8. The van der Waals surface area contributed by atoms with Gasteiger partial charge < -0.3 is 19.5 Å². The fourth-order valence-electron chi connectivity index (χ4n) is 3.23. The Kier molecular flexibility index (Phi) is 11.6. The lowest BCUT2D eigenvalue weighted by atomic mass is 10.0. The fourth-order valence-corrected chi connectivity index (χ4v) is 3.50. The molecule has 2 aromatic carbocycles. The Labute approximate surface area is 217 Å². The van der Waals surface area contributed by atoms with Crippen molar-refractivity contribution in [2.75, 3.05) is 19.8 Å². The first-order valence-corrected chi connectivity index (χ1v) is 12.0. The minimum absolute atomic E-state index is 0.0439. The van der Waals surface area contributed by atoms with Gasteiger partial charge >= 0.3 is 0 Å². The van der Waals surface area contributed by atoms with Gasteiger partial charge in [-0.3, -0.25) is 9.59 Å². The van der Waals surface area contributed by atoms with Gasteiger partial charge in [0.2, 0.25) is 0 Å². The summed E-state index contributed by atoms with van der Waals surface area (Å²) in [4.78, 5) is 25.2. The van der Waals surface area contributed by atoms with E-state index in [1.807, 2.05) is 45.9 Å². The summed E-state index contributed by atoms with van der Waals surface area (Å²) in [7, 11) is 0. The van der Waals surface area contributed by atoms with Gasteiger partial charge in [0, 0.05) is 0 Å². The molecular weight excluding hydrogens is 482 g/mol. The molecule has 2 aromatic rings. The first kappa shape index (κ1) is 28.5. The molecule has 192 valence electrons. The lowest BCUT2D eigenvalue weighted by Crippen LogP contribution is -2.47. The molecule has 36 heavy (non-hydrogen) atoms. The second-order valence-electron chi connectivity index (χ2n) is 8.29. The van der Waals surface area contributed by atoms with E-state index in [0.717, 1.165) is 5.56 Å². The number of amides is 2. The van der Waals surface area contributed by atoms with E-state index in [9.17, 15) is 9.59 Å². The molecule has 2 N–H and O–H groups in total. The van der Waals surface area contributed by atoms with Crippen LogP contribution in [0.1, 0.15) is 38.3 Å². The Balaban J connectivity index is 2.03. The number of nitrogens with zero attached hydrogens (tertiary/aromatic N) is 1. The van der Waals surface area contributed by atoms with Crippen molar-refractivity contribution in [1.29, 1.82) is 0 Å². The average Bonchev–Trinajstić information content (AvgIpc) is 2.82. The highest BCUT2D eigenvalue weighted by Crippen LogP contribution is 2.36. The number of hydrogen-bond acceptors (Lipinski definition) is 6. The van der Waals surface area contributed by atoms with E-state index < -0.39 is 17.9 Å². The largest absolute Gasteiger partial charge is 0.490 e. The molecule has 0 radical (unpaired) electrons. The van der Waals surface area contributed by atoms with Crippen LogP contribution in [0.5, 0.6) is 17.2 Å². The zero-order valence-electron chi connectivity index (χ0n) is 21.0. The Morgan fingerprint density at radius 3 is 2.58 bits per heavy atom. The second kappa shape index (κ2) is 14.6. The second-order valence-corrected chi connectivity index (χ2v) is 8.70. The number of aryl methyl sites for hydroxylation is 1.